The molecule has 3 nitrogen and oxygen atoms in total. The van der Waals surface area contributed by atoms with E-state index in [4.69, 9.17) is 0 Å². The van der Waals surface area contributed by atoms with E-state index < -0.39 is 5.41 Å². The van der Waals surface area contributed by atoms with E-state index in [1.54, 1.807) is 12.3 Å². The number of aliphatic hydroxyl groups is 1. The average Bonchev–Trinajstić information content (AvgIpc) is 2.77. The molecule has 0 unspecified atom stereocenters. The molecule has 0 bridgehead atoms. The predicted molar refractivity (Wildman–Crippen MR) is 148 cm³/mol. The Balaban J connectivity index is 0.000000299. The summed E-state index contributed by atoms with van der Waals surface area (Å²) in [5, 5.41) is 13.0. The summed E-state index contributed by atoms with van der Waals surface area (Å²) in [6, 6.07) is 18.6. The van der Waals surface area contributed by atoms with Crippen LogP contribution in [0.1, 0.15) is 52.7 Å². The van der Waals surface area contributed by atoms with Gasteiger partial charge in [0.1, 0.15) is 11.6 Å². The molecule has 0 saturated heterocycles. The molecule has 0 aliphatic rings. The van der Waals surface area contributed by atoms with Crippen molar-refractivity contribution >= 4 is 27.3 Å². The van der Waals surface area contributed by atoms with Gasteiger partial charge in [-0.15, -0.1) is 34.9 Å². The van der Waals surface area contributed by atoms with Crippen molar-refractivity contribution in [1.82, 2.24) is 4.98 Å². The Morgan fingerprint density at radius 1 is 0.892 bits per heavy atom. The summed E-state index contributed by atoms with van der Waals surface area (Å²) in [6.07, 6.45) is 3.12. The molecule has 37 heavy (non-hydrogen) atoms. The molecule has 4 aromatic rings. The van der Waals surface area contributed by atoms with Crippen LogP contribution >= 0.6 is 0 Å². The maximum atomic E-state index is 14.5. The van der Waals surface area contributed by atoms with Crippen LogP contribution in [0.5, 0.6) is 0 Å². The average molecular weight is 677 g/mol. The Hall–Kier alpha value is -2.88. The Kier molecular flexibility index (Phi) is 9.57. The van der Waals surface area contributed by atoms with E-state index in [9.17, 15) is 14.3 Å². The van der Waals surface area contributed by atoms with Crippen molar-refractivity contribution in [1.29, 1.82) is 0 Å². The van der Waals surface area contributed by atoms with Crippen molar-refractivity contribution in [3.05, 3.63) is 89.6 Å². The number of rotatable bonds is 2. The maximum absolute atomic E-state index is 14.5. The van der Waals surface area contributed by atoms with E-state index in [1.807, 2.05) is 91.8 Å². The first-order chi connectivity index (χ1) is 16.7. The molecule has 0 aliphatic carbocycles. The minimum atomic E-state index is -0.417. The zero-order valence-electron chi connectivity index (χ0n) is 22.8. The summed E-state index contributed by atoms with van der Waals surface area (Å²) in [7, 11) is 0. The number of halogens is 1. The first kappa shape index (κ1) is 30.3. The molecule has 0 fully saturated rings. The Bertz CT molecular complexity index is 1440. The van der Waals surface area contributed by atoms with Gasteiger partial charge in [0.25, 0.3) is 0 Å². The summed E-state index contributed by atoms with van der Waals surface area (Å²) >= 11 is 0. The third-order valence-corrected chi connectivity index (χ3v) is 5.91. The third kappa shape index (κ3) is 7.34. The number of ketones is 1. The van der Waals surface area contributed by atoms with Gasteiger partial charge in [-0.3, -0.25) is 4.79 Å². The van der Waals surface area contributed by atoms with Crippen LogP contribution in [-0.2, 0) is 24.9 Å². The molecule has 1 radical (unpaired) electrons. The molecular formula is C32H35FIrNO2-. The molecule has 0 spiro atoms. The van der Waals surface area contributed by atoms with Crippen molar-refractivity contribution in [2.75, 3.05) is 0 Å². The smallest absolute Gasteiger partial charge is 0.164 e. The molecule has 0 atom stereocenters. The van der Waals surface area contributed by atoms with Crippen molar-refractivity contribution in [2.45, 2.75) is 55.4 Å². The van der Waals surface area contributed by atoms with Crippen LogP contribution < -0.4 is 0 Å². The van der Waals surface area contributed by atoms with Crippen molar-refractivity contribution < 1.29 is 34.4 Å². The second-order valence-corrected chi connectivity index (χ2v) is 11.3. The second kappa shape index (κ2) is 11.7. The van der Waals surface area contributed by atoms with E-state index in [0.29, 0.717) is 5.39 Å². The standard InChI is InChI=1S/C21H15FN.C11H20O2.Ir/c1-13-9-14(2)11-15(10-13)21-19-12-20(22)18-6-4-3-5-16(18)17(19)7-8-23-21;1-10(2,3)8(12)7-9(13)11(4,5)6;/h3-10,12H,1-2H3;7,12H,1-6H3;/q-1;;. The second-order valence-electron chi connectivity index (χ2n) is 11.3. The zero-order chi connectivity index (χ0) is 26.8. The molecule has 0 aliphatic heterocycles. The SMILES string of the molecule is CC(C)(C)C(=O)C=C(O)C(C)(C)C.Cc1[c-]c(-c2nccc3c2cc(F)c2ccccc23)cc(C)c1.[Ir]. The molecule has 1 N–H and O–H groups in total. The van der Waals surface area contributed by atoms with Crippen molar-refractivity contribution in [2.24, 2.45) is 10.8 Å². The van der Waals surface area contributed by atoms with Crippen LogP contribution in [0.15, 0.2) is 66.6 Å². The minimum absolute atomic E-state index is 0. The molecule has 0 saturated carbocycles. The van der Waals surface area contributed by atoms with Crippen molar-refractivity contribution in [3.63, 3.8) is 0 Å². The molecule has 3 aromatic carbocycles. The number of carbonyl (C=O) groups excluding carboxylic acids is 1. The Morgan fingerprint density at radius 2 is 1.49 bits per heavy atom. The summed E-state index contributed by atoms with van der Waals surface area (Å²) in [6.45, 7) is 15.2. The largest absolute Gasteiger partial charge is 0.512 e. The van der Waals surface area contributed by atoms with Gasteiger partial charge in [0, 0.05) is 48.6 Å². The number of benzene rings is 3. The molecule has 1 heterocycles. The van der Waals surface area contributed by atoms with Gasteiger partial charge < -0.3 is 10.1 Å². The van der Waals surface area contributed by atoms with E-state index in [1.165, 1.54) is 6.08 Å². The number of nitrogens with zero attached hydrogens (tertiary/aromatic N) is 1. The van der Waals surface area contributed by atoms with Crippen LogP contribution in [0.3, 0.4) is 0 Å². The minimum Gasteiger partial charge on any atom is -0.512 e. The number of fused-ring (bicyclic) bond motifs is 3. The fourth-order valence-electron chi connectivity index (χ4n) is 3.78. The van der Waals surface area contributed by atoms with Crippen LogP contribution in [0.25, 0.3) is 32.8 Å². The Morgan fingerprint density at radius 3 is 2.05 bits per heavy atom. The van der Waals surface area contributed by atoms with Gasteiger partial charge in [-0.2, -0.15) is 0 Å². The van der Waals surface area contributed by atoms with E-state index >= 15 is 0 Å². The quantitative estimate of drug-likeness (QED) is 0.100. The van der Waals surface area contributed by atoms with E-state index in [2.05, 4.69) is 17.1 Å². The number of hydrogen-bond donors (Lipinski definition) is 1. The summed E-state index contributed by atoms with van der Waals surface area (Å²) in [5.74, 6) is -0.112. The summed E-state index contributed by atoms with van der Waals surface area (Å²) < 4.78 is 14.5. The molecular weight excluding hydrogens is 642 g/mol. The first-order valence-electron chi connectivity index (χ1n) is 12.1. The normalized spacial score (nSPS) is 12.1. The summed E-state index contributed by atoms with van der Waals surface area (Å²) in [5.41, 5.74) is 3.12. The number of aryl methyl sites for hydroxylation is 2. The van der Waals surface area contributed by atoms with Gasteiger partial charge in [0.05, 0.1) is 0 Å². The number of hydrogen-bond acceptors (Lipinski definition) is 3. The summed E-state index contributed by atoms with van der Waals surface area (Å²) in [4.78, 5) is 16.0. The molecule has 5 heteroatoms. The predicted octanol–water partition coefficient (Wildman–Crippen LogP) is 8.70. The maximum Gasteiger partial charge on any atom is 0.164 e. The van der Waals surface area contributed by atoms with Crippen LogP contribution in [0.2, 0.25) is 0 Å². The zero-order valence-corrected chi connectivity index (χ0v) is 25.2. The number of aromatic nitrogens is 1. The van der Waals surface area contributed by atoms with Gasteiger partial charge in [-0.05, 0) is 34.0 Å². The van der Waals surface area contributed by atoms with E-state index in [0.717, 1.165) is 38.5 Å². The monoisotopic (exact) mass is 677 g/mol. The molecule has 1 aromatic heterocycles. The number of allylic oxidation sites excluding steroid dienone is 2. The van der Waals surface area contributed by atoms with Crippen LogP contribution in [-0.4, -0.2) is 15.9 Å². The van der Waals surface area contributed by atoms with Crippen LogP contribution in [0.4, 0.5) is 4.39 Å². The third-order valence-electron chi connectivity index (χ3n) is 5.91. The molecule has 197 valence electrons. The fourth-order valence-corrected chi connectivity index (χ4v) is 3.78. The van der Waals surface area contributed by atoms with Gasteiger partial charge in [-0.25, -0.2) is 4.39 Å². The van der Waals surface area contributed by atoms with Gasteiger partial charge >= 0.3 is 0 Å². The van der Waals surface area contributed by atoms with Crippen LogP contribution in [0, 0.1) is 36.6 Å². The van der Waals surface area contributed by atoms with Crippen molar-refractivity contribution in [3.8, 4) is 11.3 Å². The van der Waals surface area contributed by atoms with Gasteiger partial charge in [0.15, 0.2) is 5.78 Å². The molecule has 4 rings (SSSR count). The van der Waals surface area contributed by atoms with Gasteiger partial charge in [0.2, 0.25) is 0 Å². The fraction of sp³-hybridized carbons (Fsp3) is 0.312. The molecule has 0 amide bonds. The van der Waals surface area contributed by atoms with Gasteiger partial charge in [-0.1, -0.05) is 79.7 Å². The number of pyridine rings is 1. The first-order valence-corrected chi connectivity index (χ1v) is 12.1. The van der Waals surface area contributed by atoms with E-state index in [-0.39, 0.29) is 42.9 Å². The topological polar surface area (TPSA) is 50.2 Å². The number of aliphatic hydroxyl groups excluding tert-OH is 1. The Labute approximate surface area is 233 Å². The number of carbonyl (C=O) groups is 1.